The highest BCUT2D eigenvalue weighted by Crippen LogP contribution is 2.35. The van der Waals surface area contributed by atoms with Crippen molar-refractivity contribution in [1.82, 2.24) is 5.32 Å². The van der Waals surface area contributed by atoms with Crippen molar-refractivity contribution in [3.05, 3.63) is 35.4 Å². The van der Waals surface area contributed by atoms with Crippen LogP contribution in [0.25, 0.3) is 0 Å². The van der Waals surface area contributed by atoms with E-state index in [4.69, 9.17) is 5.11 Å². The minimum Gasteiger partial charge on any atom is -0.465 e. The van der Waals surface area contributed by atoms with Gasteiger partial charge in [0.1, 0.15) is 0 Å². The van der Waals surface area contributed by atoms with Gasteiger partial charge in [-0.1, -0.05) is 12.1 Å². The molecule has 1 aliphatic rings. The average Bonchev–Trinajstić information content (AvgIpc) is 2.39. The molecule has 1 fully saturated rings. The number of carboxylic acid groups (broad SMARTS) is 1. The highest BCUT2D eigenvalue weighted by atomic mass is 19.4. The lowest BCUT2D eigenvalue weighted by Crippen LogP contribution is -2.43. The zero-order valence-corrected chi connectivity index (χ0v) is 11.1. The van der Waals surface area contributed by atoms with Gasteiger partial charge < -0.3 is 15.5 Å². The molecule has 1 saturated carbocycles. The molecule has 116 valence electrons. The standard InChI is InChI=1S/C14H16F3NO3/c15-14(16,17)9-3-1-8(2-4-9)11-7-10(19)5-6-12(11)18-13(20)21/h1-4,10-12,18-19H,5-7H2,(H,20,21)/t10-,11-,12+/m0/s1. The van der Waals surface area contributed by atoms with E-state index in [-0.39, 0.29) is 5.92 Å². The number of rotatable bonds is 2. The molecule has 0 aliphatic heterocycles. The molecule has 7 heteroatoms. The Morgan fingerprint density at radius 1 is 1.19 bits per heavy atom. The van der Waals surface area contributed by atoms with Gasteiger partial charge in [0.2, 0.25) is 0 Å². The first-order valence-corrected chi connectivity index (χ1v) is 6.62. The fourth-order valence-corrected chi connectivity index (χ4v) is 2.77. The molecule has 1 amide bonds. The SMILES string of the molecule is O=C(O)N[C@@H]1CC[C@H](O)C[C@H]1c1ccc(C(F)(F)F)cc1. The maximum absolute atomic E-state index is 12.5. The molecule has 0 bridgehead atoms. The van der Waals surface area contributed by atoms with Crippen molar-refractivity contribution < 1.29 is 28.2 Å². The van der Waals surface area contributed by atoms with Crippen LogP contribution in [0.5, 0.6) is 0 Å². The lowest BCUT2D eigenvalue weighted by Gasteiger charge is -2.34. The van der Waals surface area contributed by atoms with Gasteiger partial charge in [-0.25, -0.2) is 4.79 Å². The molecule has 2 rings (SSSR count). The maximum atomic E-state index is 12.5. The van der Waals surface area contributed by atoms with E-state index in [2.05, 4.69) is 5.32 Å². The van der Waals surface area contributed by atoms with Crippen LogP contribution < -0.4 is 5.32 Å². The van der Waals surface area contributed by atoms with E-state index in [0.717, 1.165) is 12.1 Å². The van der Waals surface area contributed by atoms with E-state index < -0.39 is 30.0 Å². The van der Waals surface area contributed by atoms with Crippen molar-refractivity contribution >= 4 is 6.09 Å². The predicted octanol–water partition coefficient (Wildman–Crippen LogP) is 2.97. The molecule has 0 heterocycles. The van der Waals surface area contributed by atoms with Crippen molar-refractivity contribution in [1.29, 1.82) is 0 Å². The van der Waals surface area contributed by atoms with Crippen LogP contribution >= 0.6 is 0 Å². The zero-order chi connectivity index (χ0) is 15.6. The molecule has 3 N–H and O–H groups in total. The van der Waals surface area contributed by atoms with Crippen LogP contribution in [0.15, 0.2) is 24.3 Å². The Kier molecular flexibility index (Phi) is 4.41. The number of aliphatic hydroxyl groups excluding tert-OH is 1. The van der Waals surface area contributed by atoms with E-state index >= 15 is 0 Å². The molecule has 0 aromatic heterocycles. The predicted molar refractivity (Wildman–Crippen MR) is 69.0 cm³/mol. The van der Waals surface area contributed by atoms with Crippen molar-refractivity contribution in [2.24, 2.45) is 0 Å². The highest BCUT2D eigenvalue weighted by Gasteiger charge is 2.33. The normalized spacial score (nSPS) is 26.4. The third-order valence-electron chi connectivity index (χ3n) is 3.80. The van der Waals surface area contributed by atoms with Gasteiger partial charge in [0.25, 0.3) is 0 Å². The smallest absolute Gasteiger partial charge is 0.416 e. The van der Waals surface area contributed by atoms with Crippen LogP contribution in [0.2, 0.25) is 0 Å². The Balaban J connectivity index is 2.21. The summed E-state index contributed by atoms with van der Waals surface area (Å²) in [5, 5.41) is 20.9. The van der Waals surface area contributed by atoms with Crippen molar-refractivity contribution in [3.8, 4) is 0 Å². The molecule has 1 aliphatic carbocycles. The fourth-order valence-electron chi connectivity index (χ4n) is 2.77. The second-order valence-corrected chi connectivity index (χ2v) is 5.25. The van der Waals surface area contributed by atoms with E-state index in [0.29, 0.717) is 24.8 Å². The first-order chi connectivity index (χ1) is 9.77. The molecule has 21 heavy (non-hydrogen) atoms. The van der Waals surface area contributed by atoms with Crippen LogP contribution in [0, 0.1) is 0 Å². The summed E-state index contributed by atoms with van der Waals surface area (Å²) in [6.07, 6.45) is -4.88. The number of hydrogen-bond donors (Lipinski definition) is 3. The van der Waals surface area contributed by atoms with E-state index in [1.807, 2.05) is 0 Å². The molecule has 0 unspecified atom stereocenters. The summed E-state index contributed by atoms with van der Waals surface area (Å²) in [5.74, 6) is -0.327. The summed E-state index contributed by atoms with van der Waals surface area (Å²) in [5.41, 5.74) is -0.147. The largest absolute Gasteiger partial charge is 0.465 e. The second-order valence-electron chi connectivity index (χ2n) is 5.25. The number of halogens is 3. The fraction of sp³-hybridized carbons (Fsp3) is 0.500. The van der Waals surface area contributed by atoms with Gasteiger partial charge in [0.05, 0.1) is 11.7 Å². The second kappa shape index (κ2) is 5.93. The Hall–Kier alpha value is -1.76. The minimum atomic E-state index is -4.40. The summed E-state index contributed by atoms with van der Waals surface area (Å²) in [6.45, 7) is 0. The number of aliphatic hydroxyl groups is 1. The van der Waals surface area contributed by atoms with Gasteiger partial charge in [-0.3, -0.25) is 0 Å². The summed E-state index contributed by atoms with van der Waals surface area (Å²) >= 11 is 0. The minimum absolute atomic E-state index is 0.327. The number of benzene rings is 1. The van der Waals surface area contributed by atoms with Gasteiger partial charge in [0, 0.05) is 12.0 Å². The Bertz CT molecular complexity index is 501. The number of nitrogens with one attached hydrogen (secondary N) is 1. The zero-order valence-electron chi connectivity index (χ0n) is 11.1. The van der Waals surface area contributed by atoms with E-state index in [1.165, 1.54) is 12.1 Å². The van der Waals surface area contributed by atoms with Gasteiger partial charge in [0.15, 0.2) is 0 Å². The first kappa shape index (κ1) is 15.6. The molecular weight excluding hydrogens is 287 g/mol. The summed E-state index contributed by atoms with van der Waals surface area (Å²) < 4.78 is 37.6. The topological polar surface area (TPSA) is 69.6 Å². The van der Waals surface area contributed by atoms with Gasteiger partial charge in [-0.15, -0.1) is 0 Å². The molecule has 1 aromatic carbocycles. The number of amides is 1. The molecule has 0 radical (unpaired) electrons. The van der Waals surface area contributed by atoms with E-state index in [9.17, 15) is 23.1 Å². The van der Waals surface area contributed by atoms with Gasteiger partial charge in [-0.2, -0.15) is 13.2 Å². The van der Waals surface area contributed by atoms with Gasteiger partial charge >= 0.3 is 12.3 Å². The number of alkyl halides is 3. The summed E-state index contributed by atoms with van der Waals surface area (Å²) in [6, 6.07) is 4.26. The average molecular weight is 303 g/mol. The van der Waals surface area contributed by atoms with Crippen molar-refractivity contribution in [2.45, 2.75) is 43.5 Å². The van der Waals surface area contributed by atoms with Crippen LogP contribution in [-0.4, -0.2) is 28.5 Å². The quantitative estimate of drug-likeness (QED) is 0.786. The molecule has 4 nitrogen and oxygen atoms in total. The molecular formula is C14H16F3NO3. The Morgan fingerprint density at radius 2 is 1.81 bits per heavy atom. The number of hydrogen-bond acceptors (Lipinski definition) is 2. The van der Waals surface area contributed by atoms with E-state index in [1.54, 1.807) is 0 Å². The lowest BCUT2D eigenvalue weighted by molar-refractivity contribution is -0.137. The van der Waals surface area contributed by atoms with Crippen molar-refractivity contribution in [3.63, 3.8) is 0 Å². The highest BCUT2D eigenvalue weighted by molar-refractivity contribution is 5.65. The summed E-state index contributed by atoms with van der Waals surface area (Å²) in [4.78, 5) is 10.8. The lowest BCUT2D eigenvalue weighted by atomic mass is 9.78. The molecule has 1 aromatic rings. The number of carbonyl (C=O) groups is 1. The third-order valence-corrected chi connectivity index (χ3v) is 3.80. The van der Waals surface area contributed by atoms with Gasteiger partial charge in [-0.05, 0) is 37.0 Å². The Labute approximate surface area is 119 Å². The van der Waals surface area contributed by atoms with Crippen LogP contribution in [0.3, 0.4) is 0 Å². The van der Waals surface area contributed by atoms with Crippen LogP contribution in [0.1, 0.15) is 36.3 Å². The Morgan fingerprint density at radius 3 is 2.33 bits per heavy atom. The van der Waals surface area contributed by atoms with Crippen LogP contribution in [0.4, 0.5) is 18.0 Å². The van der Waals surface area contributed by atoms with Crippen molar-refractivity contribution in [2.75, 3.05) is 0 Å². The monoisotopic (exact) mass is 303 g/mol. The first-order valence-electron chi connectivity index (χ1n) is 6.62. The maximum Gasteiger partial charge on any atom is 0.416 e. The summed E-state index contributed by atoms with van der Waals surface area (Å²) in [7, 11) is 0. The molecule has 3 atom stereocenters. The van der Waals surface area contributed by atoms with Crippen LogP contribution in [-0.2, 0) is 6.18 Å². The third kappa shape index (κ3) is 3.87. The molecule has 0 saturated heterocycles. The molecule has 0 spiro atoms.